The zero-order valence-electron chi connectivity index (χ0n) is 10.5. The lowest BCUT2D eigenvalue weighted by molar-refractivity contribution is -0.120. The summed E-state index contributed by atoms with van der Waals surface area (Å²) in [5.41, 5.74) is 1.43. The van der Waals surface area contributed by atoms with Crippen LogP contribution in [0.5, 0.6) is 0 Å². The minimum absolute atomic E-state index is 0.0700. The number of carbonyl (C=O) groups is 1. The molecule has 1 N–H and O–H groups in total. The molecule has 1 saturated heterocycles. The minimum Gasteiger partial charge on any atom is -0.314 e. The standard InChI is InChI=1S/C14H17N3O/c1-17(12-7-5-11(10-15)6-8-12)14(18)13-4-2-3-9-16-13/h5-8,13,16H,2-4,9H2,1H3/t13-/m1/s1. The molecule has 1 fully saturated rings. The van der Waals surface area contributed by atoms with Gasteiger partial charge in [0.1, 0.15) is 0 Å². The molecule has 1 atom stereocenters. The molecule has 4 nitrogen and oxygen atoms in total. The monoisotopic (exact) mass is 243 g/mol. The fraction of sp³-hybridized carbons (Fsp3) is 0.429. The van der Waals surface area contributed by atoms with Gasteiger partial charge in [-0.25, -0.2) is 0 Å². The maximum atomic E-state index is 12.3. The normalized spacial score (nSPS) is 19.0. The zero-order valence-corrected chi connectivity index (χ0v) is 10.5. The van der Waals surface area contributed by atoms with Crippen molar-refractivity contribution < 1.29 is 4.79 Å². The third kappa shape index (κ3) is 2.69. The molecule has 1 heterocycles. The van der Waals surface area contributed by atoms with E-state index >= 15 is 0 Å². The van der Waals surface area contributed by atoms with Crippen molar-refractivity contribution in [1.29, 1.82) is 5.26 Å². The van der Waals surface area contributed by atoms with Crippen molar-refractivity contribution in [2.45, 2.75) is 25.3 Å². The number of anilines is 1. The number of benzene rings is 1. The molecule has 2 rings (SSSR count). The second-order valence-corrected chi connectivity index (χ2v) is 4.56. The number of hydrogen-bond donors (Lipinski definition) is 1. The van der Waals surface area contributed by atoms with Crippen LogP contribution < -0.4 is 10.2 Å². The number of piperidine rings is 1. The molecule has 0 saturated carbocycles. The lowest BCUT2D eigenvalue weighted by Gasteiger charge is -2.27. The van der Waals surface area contributed by atoms with Crippen LogP contribution in [0.25, 0.3) is 0 Å². The summed E-state index contributed by atoms with van der Waals surface area (Å²) in [6.45, 7) is 0.914. The van der Waals surface area contributed by atoms with Crippen LogP contribution in [0.15, 0.2) is 24.3 Å². The minimum atomic E-state index is -0.0700. The Balaban J connectivity index is 2.07. The predicted molar refractivity (Wildman–Crippen MR) is 70.2 cm³/mol. The van der Waals surface area contributed by atoms with Gasteiger partial charge in [0, 0.05) is 12.7 Å². The number of nitriles is 1. The summed E-state index contributed by atoms with van der Waals surface area (Å²) >= 11 is 0. The van der Waals surface area contributed by atoms with Gasteiger partial charge in [0.05, 0.1) is 17.7 Å². The Morgan fingerprint density at radius 2 is 2.11 bits per heavy atom. The summed E-state index contributed by atoms with van der Waals surface area (Å²) in [7, 11) is 1.78. The highest BCUT2D eigenvalue weighted by Crippen LogP contribution is 2.17. The van der Waals surface area contributed by atoms with Gasteiger partial charge < -0.3 is 10.2 Å². The van der Waals surface area contributed by atoms with Crippen molar-refractivity contribution in [3.8, 4) is 6.07 Å². The second-order valence-electron chi connectivity index (χ2n) is 4.56. The average molecular weight is 243 g/mol. The van der Waals surface area contributed by atoms with Crippen molar-refractivity contribution in [3.05, 3.63) is 29.8 Å². The summed E-state index contributed by atoms with van der Waals surface area (Å²) in [6, 6.07) is 9.07. The largest absolute Gasteiger partial charge is 0.314 e. The molecule has 18 heavy (non-hydrogen) atoms. The Morgan fingerprint density at radius 3 is 2.67 bits per heavy atom. The van der Waals surface area contributed by atoms with E-state index in [-0.39, 0.29) is 11.9 Å². The second kappa shape index (κ2) is 5.65. The number of carbonyl (C=O) groups excluding carboxylic acids is 1. The van der Waals surface area contributed by atoms with Gasteiger partial charge in [0.15, 0.2) is 0 Å². The van der Waals surface area contributed by atoms with Crippen LogP contribution in [-0.4, -0.2) is 25.5 Å². The highest BCUT2D eigenvalue weighted by Gasteiger charge is 2.24. The number of nitrogens with zero attached hydrogens (tertiary/aromatic N) is 2. The van der Waals surface area contributed by atoms with E-state index in [9.17, 15) is 4.79 Å². The van der Waals surface area contributed by atoms with Crippen molar-refractivity contribution in [2.24, 2.45) is 0 Å². The highest BCUT2D eigenvalue weighted by atomic mass is 16.2. The molecule has 4 heteroatoms. The molecular weight excluding hydrogens is 226 g/mol. The third-order valence-corrected chi connectivity index (χ3v) is 3.32. The quantitative estimate of drug-likeness (QED) is 0.859. The smallest absolute Gasteiger partial charge is 0.243 e. The number of hydrogen-bond acceptors (Lipinski definition) is 3. The summed E-state index contributed by atoms with van der Waals surface area (Å²) < 4.78 is 0. The lowest BCUT2D eigenvalue weighted by atomic mass is 10.0. The molecule has 0 spiro atoms. The molecule has 1 aliphatic rings. The first-order chi connectivity index (χ1) is 8.72. The number of likely N-dealkylation sites (N-methyl/N-ethyl adjacent to an activating group) is 1. The molecule has 1 aliphatic heterocycles. The average Bonchev–Trinajstić information content (AvgIpc) is 2.47. The molecule has 0 aliphatic carbocycles. The van der Waals surface area contributed by atoms with E-state index in [1.807, 2.05) is 0 Å². The molecular formula is C14H17N3O. The highest BCUT2D eigenvalue weighted by molar-refractivity contribution is 5.96. The fourth-order valence-corrected chi connectivity index (χ4v) is 2.18. The van der Waals surface area contributed by atoms with Crippen LogP contribution >= 0.6 is 0 Å². The van der Waals surface area contributed by atoms with Gasteiger partial charge in [-0.2, -0.15) is 5.26 Å². The van der Waals surface area contributed by atoms with Gasteiger partial charge in [-0.1, -0.05) is 6.42 Å². The van der Waals surface area contributed by atoms with Crippen molar-refractivity contribution >= 4 is 11.6 Å². The first-order valence-electron chi connectivity index (χ1n) is 6.23. The topological polar surface area (TPSA) is 56.1 Å². The zero-order chi connectivity index (χ0) is 13.0. The van der Waals surface area contributed by atoms with Crippen LogP contribution in [0.4, 0.5) is 5.69 Å². The molecule has 94 valence electrons. The fourth-order valence-electron chi connectivity index (χ4n) is 2.18. The number of amides is 1. The summed E-state index contributed by atoms with van der Waals surface area (Å²) in [5, 5.41) is 12.0. The summed E-state index contributed by atoms with van der Waals surface area (Å²) in [6.07, 6.45) is 3.15. The van der Waals surface area contributed by atoms with Gasteiger partial charge >= 0.3 is 0 Å². The van der Waals surface area contributed by atoms with Crippen LogP contribution in [-0.2, 0) is 4.79 Å². The predicted octanol–water partition coefficient (Wildman–Crippen LogP) is 1.66. The van der Waals surface area contributed by atoms with E-state index in [1.165, 1.54) is 0 Å². The molecule has 0 unspecified atom stereocenters. The Kier molecular flexibility index (Phi) is 3.96. The SMILES string of the molecule is CN(C(=O)[C@H]1CCCCN1)c1ccc(C#N)cc1. The van der Waals surface area contributed by atoms with Gasteiger partial charge in [-0.15, -0.1) is 0 Å². The first kappa shape index (κ1) is 12.6. The van der Waals surface area contributed by atoms with E-state index in [2.05, 4.69) is 11.4 Å². The maximum absolute atomic E-state index is 12.3. The number of nitrogens with one attached hydrogen (secondary N) is 1. The van der Waals surface area contributed by atoms with Crippen molar-refractivity contribution in [3.63, 3.8) is 0 Å². The summed E-state index contributed by atoms with van der Waals surface area (Å²) in [4.78, 5) is 13.9. The molecule has 1 aromatic rings. The van der Waals surface area contributed by atoms with Gasteiger partial charge in [-0.3, -0.25) is 4.79 Å². The van der Waals surface area contributed by atoms with Crippen LogP contribution in [0, 0.1) is 11.3 Å². The number of rotatable bonds is 2. The Hall–Kier alpha value is -1.86. The third-order valence-electron chi connectivity index (χ3n) is 3.32. The molecule has 0 radical (unpaired) electrons. The Morgan fingerprint density at radius 1 is 1.39 bits per heavy atom. The van der Waals surface area contributed by atoms with Gasteiger partial charge in [0.25, 0.3) is 0 Å². The van der Waals surface area contributed by atoms with E-state index < -0.39 is 0 Å². The summed E-state index contributed by atoms with van der Waals surface area (Å²) in [5.74, 6) is 0.0967. The van der Waals surface area contributed by atoms with Crippen molar-refractivity contribution in [2.75, 3.05) is 18.5 Å². The van der Waals surface area contributed by atoms with Gasteiger partial charge in [-0.05, 0) is 43.7 Å². The van der Waals surface area contributed by atoms with Crippen LogP contribution in [0.2, 0.25) is 0 Å². The van der Waals surface area contributed by atoms with Crippen LogP contribution in [0.3, 0.4) is 0 Å². The molecule has 1 aromatic carbocycles. The molecule has 1 amide bonds. The molecule has 0 aromatic heterocycles. The first-order valence-corrected chi connectivity index (χ1v) is 6.23. The van der Waals surface area contributed by atoms with Crippen molar-refractivity contribution in [1.82, 2.24) is 5.32 Å². The Bertz CT molecular complexity index is 455. The van der Waals surface area contributed by atoms with E-state index in [0.29, 0.717) is 5.56 Å². The Labute approximate surface area is 107 Å². The molecule has 0 bridgehead atoms. The lowest BCUT2D eigenvalue weighted by Crippen LogP contribution is -2.47. The van der Waals surface area contributed by atoms with Crippen LogP contribution in [0.1, 0.15) is 24.8 Å². The van der Waals surface area contributed by atoms with E-state index in [1.54, 1.807) is 36.2 Å². The van der Waals surface area contributed by atoms with E-state index in [0.717, 1.165) is 31.5 Å². The van der Waals surface area contributed by atoms with Gasteiger partial charge in [0.2, 0.25) is 5.91 Å². The maximum Gasteiger partial charge on any atom is 0.243 e. The van der Waals surface area contributed by atoms with E-state index in [4.69, 9.17) is 5.26 Å².